The zero-order valence-corrected chi connectivity index (χ0v) is 15.7. The van der Waals surface area contributed by atoms with E-state index < -0.39 is 0 Å². The van der Waals surface area contributed by atoms with Gasteiger partial charge in [0.2, 0.25) is 5.91 Å². The summed E-state index contributed by atoms with van der Waals surface area (Å²) in [5.74, 6) is 0.239. The maximum atomic E-state index is 12.3. The molecule has 1 aromatic carbocycles. The van der Waals surface area contributed by atoms with Crippen molar-refractivity contribution in [3.05, 3.63) is 35.9 Å². The Labute approximate surface area is 152 Å². The summed E-state index contributed by atoms with van der Waals surface area (Å²) in [5, 5.41) is 3.28. The Morgan fingerprint density at radius 3 is 2.30 bits per heavy atom. The summed E-state index contributed by atoms with van der Waals surface area (Å²) >= 11 is 0. The fraction of sp³-hybridized carbons (Fsp3) is 0.588. The van der Waals surface area contributed by atoms with Gasteiger partial charge in [-0.1, -0.05) is 37.3 Å². The molecule has 1 unspecified atom stereocenters. The molecule has 1 heterocycles. The minimum atomic E-state index is -0.0642. The molecule has 1 N–H and O–H groups in total. The van der Waals surface area contributed by atoms with Crippen molar-refractivity contribution in [1.82, 2.24) is 15.1 Å². The first kappa shape index (κ1) is 22.2. The number of carbonyl (C=O) groups is 1. The molecule has 1 aliphatic heterocycles. The number of nitrogens with one attached hydrogen (secondary N) is 1. The van der Waals surface area contributed by atoms with Crippen LogP contribution in [0.1, 0.15) is 25.8 Å². The number of hydrogen-bond donors (Lipinski definition) is 1. The van der Waals surface area contributed by atoms with Crippen LogP contribution in [0.4, 0.5) is 0 Å². The molecule has 4 nitrogen and oxygen atoms in total. The summed E-state index contributed by atoms with van der Waals surface area (Å²) in [4.78, 5) is 16.7. The Bertz CT molecular complexity index is 437. The van der Waals surface area contributed by atoms with Gasteiger partial charge in [0.15, 0.2) is 0 Å². The number of carbonyl (C=O) groups excluding carboxylic acids is 1. The van der Waals surface area contributed by atoms with Crippen LogP contribution in [-0.2, 0) is 11.3 Å². The van der Waals surface area contributed by atoms with Gasteiger partial charge in [-0.15, -0.1) is 24.8 Å². The largest absolute Gasteiger partial charge is 0.339 e. The highest BCUT2D eigenvalue weighted by atomic mass is 35.5. The molecule has 1 amide bonds. The van der Waals surface area contributed by atoms with E-state index in [1.54, 1.807) is 0 Å². The van der Waals surface area contributed by atoms with Gasteiger partial charge in [0.05, 0.1) is 6.04 Å². The fourth-order valence-electron chi connectivity index (χ4n) is 2.69. The molecule has 0 bridgehead atoms. The summed E-state index contributed by atoms with van der Waals surface area (Å²) < 4.78 is 0. The van der Waals surface area contributed by atoms with Crippen molar-refractivity contribution in [1.29, 1.82) is 0 Å². The van der Waals surface area contributed by atoms with Gasteiger partial charge in [0.1, 0.15) is 0 Å². The van der Waals surface area contributed by atoms with E-state index in [1.165, 1.54) is 5.56 Å². The van der Waals surface area contributed by atoms with Crippen molar-refractivity contribution in [2.45, 2.75) is 32.9 Å². The fourth-order valence-corrected chi connectivity index (χ4v) is 2.69. The average Bonchev–Trinajstić information content (AvgIpc) is 2.53. The van der Waals surface area contributed by atoms with Crippen LogP contribution < -0.4 is 5.32 Å². The normalized spacial score (nSPS) is 16.2. The Hall–Kier alpha value is -0.810. The Morgan fingerprint density at radius 2 is 1.74 bits per heavy atom. The highest BCUT2D eigenvalue weighted by molar-refractivity contribution is 5.85. The van der Waals surface area contributed by atoms with Crippen LogP contribution in [0.2, 0.25) is 0 Å². The van der Waals surface area contributed by atoms with Crippen molar-refractivity contribution in [3.8, 4) is 0 Å². The molecular weight excluding hydrogens is 333 g/mol. The van der Waals surface area contributed by atoms with Crippen molar-refractivity contribution in [2.24, 2.45) is 0 Å². The lowest BCUT2D eigenvalue weighted by Gasteiger charge is -2.36. The third-order valence-electron chi connectivity index (χ3n) is 4.00. The van der Waals surface area contributed by atoms with Gasteiger partial charge >= 0.3 is 0 Å². The summed E-state index contributed by atoms with van der Waals surface area (Å²) in [6.07, 6.45) is 1.06. The highest BCUT2D eigenvalue weighted by Crippen LogP contribution is 2.09. The Balaban J connectivity index is 0.00000242. The van der Waals surface area contributed by atoms with Gasteiger partial charge in [-0.05, 0) is 25.5 Å². The lowest BCUT2D eigenvalue weighted by atomic mass is 10.2. The topological polar surface area (TPSA) is 35.6 Å². The monoisotopic (exact) mass is 361 g/mol. The van der Waals surface area contributed by atoms with Gasteiger partial charge in [-0.3, -0.25) is 9.69 Å². The molecule has 0 radical (unpaired) electrons. The third kappa shape index (κ3) is 7.08. The summed E-state index contributed by atoms with van der Waals surface area (Å²) in [6, 6.07) is 10.5. The zero-order chi connectivity index (χ0) is 15.1. The smallest absolute Gasteiger partial charge is 0.239 e. The first-order chi connectivity index (χ1) is 10.2. The number of nitrogens with zero attached hydrogens (tertiary/aromatic N) is 2. The molecule has 23 heavy (non-hydrogen) atoms. The second-order valence-corrected chi connectivity index (χ2v) is 5.76. The second-order valence-electron chi connectivity index (χ2n) is 5.76. The van der Waals surface area contributed by atoms with E-state index in [4.69, 9.17) is 0 Å². The van der Waals surface area contributed by atoms with Crippen molar-refractivity contribution in [2.75, 3.05) is 32.7 Å². The zero-order valence-electron chi connectivity index (χ0n) is 14.0. The van der Waals surface area contributed by atoms with E-state index in [9.17, 15) is 4.79 Å². The minimum absolute atomic E-state index is 0. The van der Waals surface area contributed by atoms with Crippen molar-refractivity contribution >= 4 is 30.7 Å². The van der Waals surface area contributed by atoms with Crippen LogP contribution >= 0.6 is 24.8 Å². The quantitative estimate of drug-likeness (QED) is 0.845. The first-order valence-electron chi connectivity index (χ1n) is 7.99. The van der Waals surface area contributed by atoms with Gasteiger partial charge in [0.25, 0.3) is 0 Å². The molecule has 132 valence electrons. The molecule has 0 aromatic heterocycles. The number of piperazine rings is 1. The van der Waals surface area contributed by atoms with E-state index in [0.29, 0.717) is 0 Å². The maximum Gasteiger partial charge on any atom is 0.239 e. The number of amides is 1. The predicted octanol–water partition coefficient (Wildman–Crippen LogP) is 2.56. The second kappa shape index (κ2) is 11.7. The summed E-state index contributed by atoms with van der Waals surface area (Å²) in [5.41, 5.74) is 1.34. The third-order valence-corrected chi connectivity index (χ3v) is 4.00. The van der Waals surface area contributed by atoms with Crippen LogP contribution in [0.5, 0.6) is 0 Å². The maximum absolute atomic E-state index is 12.3. The molecule has 0 saturated carbocycles. The molecule has 6 heteroatoms. The molecule has 0 aliphatic carbocycles. The van der Waals surface area contributed by atoms with Crippen LogP contribution in [-0.4, -0.2) is 54.5 Å². The standard InChI is InChI=1S/C17H27N3O.2ClH/c1-3-9-18-15(2)17(21)20-12-10-19(11-13-20)14-16-7-5-4-6-8-16;;/h4-8,15,18H,3,9-14H2,1-2H3;2*1H. The molecule has 2 rings (SSSR count). The molecule has 0 spiro atoms. The summed E-state index contributed by atoms with van der Waals surface area (Å²) in [6.45, 7) is 9.56. The van der Waals surface area contributed by atoms with E-state index in [1.807, 2.05) is 17.9 Å². The van der Waals surface area contributed by atoms with Crippen molar-refractivity contribution < 1.29 is 4.79 Å². The van der Waals surface area contributed by atoms with Crippen LogP contribution in [0.15, 0.2) is 30.3 Å². The van der Waals surface area contributed by atoms with E-state index >= 15 is 0 Å². The van der Waals surface area contributed by atoms with Gasteiger partial charge in [-0.25, -0.2) is 0 Å². The van der Waals surface area contributed by atoms with E-state index in [0.717, 1.165) is 45.7 Å². The molecular formula is C17H29Cl2N3O. The number of rotatable bonds is 6. The van der Waals surface area contributed by atoms with Gasteiger partial charge in [-0.2, -0.15) is 0 Å². The van der Waals surface area contributed by atoms with E-state index in [2.05, 4.69) is 41.4 Å². The Kier molecular flexibility index (Phi) is 11.3. The predicted molar refractivity (Wildman–Crippen MR) is 101 cm³/mol. The number of hydrogen-bond acceptors (Lipinski definition) is 3. The van der Waals surface area contributed by atoms with E-state index in [-0.39, 0.29) is 36.8 Å². The molecule has 1 atom stereocenters. The minimum Gasteiger partial charge on any atom is -0.339 e. The molecule has 1 aromatic rings. The lowest BCUT2D eigenvalue weighted by Crippen LogP contribution is -2.53. The van der Waals surface area contributed by atoms with Gasteiger partial charge in [0, 0.05) is 32.7 Å². The van der Waals surface area contributed by atoms with Gasteiger partial charge < -0.3 is 10.2 Å². The van der Waals surface area contributed by atoms with Crippen LogP contribution in [0.3, 0.4) is 0 Å². The SMILES string of the molecule is CCCNC(C)C(=O)N1CCN(Cc2ccccc2)CC1.Cl.Cl. The van der Waals surface area contributed by atoms with Crippen LogP contribution in [0.25, 0.3) is 0 Å². The average molecular weight is 362 g/mol. The number of benzene rings is 1. The summed E-state index contributed by atoms with van der Waals surface area (Å²) in [7, 11) is 0. The molecule has 1 fully saturated rings. The Morgan fingerprint density at radius 1 is 1.13 bits per heavy atom. The lowest BCUT2D eigenvalue weighted by molar-refractivity contribution is -0.134. The van der Waals surface area contributed by atoms with Crippen molar-refractivity contribution in [3.63, 3.8) is 0 Å². The first-order valence-corrected chi connectivity index (χ1v) is 7.99. The van der Waals surface area contributed by atoms with Crippen LogP contribution in [0, 0.1) is 0 Å². The number of halogens is 2. The molecule has 1 aliphatic rings. The molecule has 1 saturated heterocycles. The highest BCUT2D eigenvalue weighted by Gasteiger charge is 2.24.